The molecule has 0 saturated heterocycles. The molecule has 3 nitrogen and oxygen atoms in total. The lowest BCUT2D eigenvalue weighted by atomic mass is 10.1. The van der Waals surface area contributed by atoms with Crippen LogP contribution in [0.5, 0.6) is 0 Å². The van der Waals surface area contributed by atoms with Crippen LogP contribution in [0, 0.1) is 6.92 Å². The Kier molecular flexibility index (Phi) is 5.04. The third-order valence-electron chi connectivity index (χ3n) is 2.89. The van der Waals surface area contributed by atoms with Gasteiger partial charge in [-0.3, -0.25) is 0 Å². The van der Waals surface area contributed by atoms with E-state index in [1.54, 1.807) is 11.9 Å². The van der Waals surface area contributed by atoms with Crippen molar-refractivity contribution in [1.29, 1.82) is 0 Å². The molecule has 0 aliphatic carbocycles. The molecule has 1 N–H and O–H groups in total. The maximum Gasteiger partial charge on any atom is 0.317 e. The van der Waals surface area contributed by atoms with Crippen molar-refractivity contribution >= 4 is 29.0 Å². The number of hydrogen-bond acceptors (Lipinski definition) is 2. The van der Waals surface area contributed by atoms with E-state index >= 15 is 0 Å². The maximum atomic E-state index is 12.0. The predicted molar refractivity (Wildman–Crippen MR) is 84.2 cm³/mol. The number of rotatable bonds is 4. The minimum absolute atomic E-state index is 0.0870. The number of benzene rings is 1. The number of nitrogens with one attached hydrogen (secondary N) is 1. The van der Waals surface area contributed by atoms with E-state index in [2.05, 4.69) is 11.4 Å². The second kappa shape index (κ2) is 6.77. The van der Waals surface area contributed by atoms with Crippen LogP contribution >= 0.6 is 22.9 Å². The van der Waals surface area contributed by atoms with Crippen molar-refractivity contribution in [2.75, 3.05) is 7.05 Å². The molecule has 2 amide bonds. The molecule has 2 aromatic rings. The van der Waals surface area contributed by atoms with Crippen LogP contribution in [0.2, 0.25) is 4.34 Å². The Balaban J connectivity index is 1.85. The van der Waals surface area contributed by atoms with Crippen LogP contribution in [0.4, 0.5) is 4.79 Å². The summed E-state index contributed by atoms with van der Waals surface area (Å²) in [5.41, 5.74) is 2.30. The number of urea groups is 1. The quantitative estimate of drug-likeness (QED) is 0.908. The largest absolute Gasteiger partial charge is 0.334 e. The summed E-state index contributed by atoms with van der Waals surface area (Å²) in [5, 5.41) is 2.91. The monoisotopic (exact) mass is 308 g/mol. The van der Waals surface area contributed by atoms with Gasteiger partial charge in [0.05, 0.1) is 10.9 Å². The summed E-state index contributed by atoms with van der Waals surface area (Å²) < 4.78 is 0.744. The molecule has 2 rings (SSSR count). The molecule has 0 atom stereocenters. The van der Waals surface area contributed by atoms with Gasteiger partial charge in [0.1, 0.15) is 0 Å². The van der Waals surface area contributed by atoms with Crippen molar-refractivity contribution in [3.8, 4) is 0 Å². The van der Waals surface area contributed by atoms with Gasteiger partial charge in [-0.25, -0.2) is 4.79 Å². The number of carbonyl (C=O) groups is 1. The number of aryl methyl sites for hydroxylation is 1. The van der Waals surface area contributed by atoms with Crippen LogP contribution in [0.25, 0.3) is 0 Å². The third-order valence-corrected chi connectivity index (χ3v) is 4.11. The molecule has 106 valence electrons. The normalized spacial score (nSPS) is 10.3. The fourth-order valence-corrected chi connectivity index (χ4v) is 3.02. The lowest BCUT2D eigenvalue weighted by Gasteiger charge is -2.17. The lowest BCUT2D eigenvalue weighted by molar-refractivity contribution is 0.207. The van der Waals surface area contributed by atoms with E-state index in [1.807, 2.05) is 37.3 Å². The molecule has 0 aliphatic heterocycles. The van der Waals surface area contributed by atoms with Gasteiger partial charge in [-0.2, -0.15) is 0 Å². The molecule has 0 fully saturated rings. The van der Waals surface area contributed by atoms with Crippen molar-refractivity contribution in [3.05, 3.63) is 56.7 Å². The molecule has 0 radical (unpaired) electrons. The summed E-state index contributed by atoms with van der Waals surface area (Å²) in [6, 6.07) is 11.8. The predicted octanol–water partition coefficient (Wildman–Crippen LogP) is 4.05. The molecular weight excluding hydrogens is 292 g/mol. The summed E-state index contributed by atoms with van der Waals surface area (Å²) in [6.45, 7) is 3.14. The number of nitrogens with zero attached hydrogens (tertiary/aromatic N) is 1. The van der Waals surface area contributed by atoms with E-state index < -0.39 is 0 Å². The standard InChI is InChI=1S/C15H17ClN2OS/c1-11-4-3-5-12(8-11)9-17-15(19)18(2)10-13-6-7-14(16)20-13/h3-8H,9-10H2,1-2H3,(H,17,19). The highest BCUT2D eigenvalue weighted by Gasteiger charge is 2.10. The van der Waals surface area contributed by atoms with Gasteiger partial charge in [-0.05, 0) is 24.6 Å². The highest BCUT2D eigenvalue weighted by molar-refractivity contribution is 7.16. The van der Waals surface area contributed by atoms with Crippen LogP contribution in [0.15, 0.2) is 36.4 Å². The summed E-state index contributed by atoms with van der Waals surface area (Å²) in [5.74, 6) is 0. The molecule has 20 heavy (non-hydrogen) atoms. The molecule has 0 bridgehead atoms. The molecular formula is C15H17ClN2OS. The number of hydrogen-bond donors (Lipinski definition) is 1. The average molecular weight is 309 g/mol. The number of thiophene rings is 1. The van der Waals surface area contributed by atoms with Gasteiger partial charge in [0.2, 0.25) is 0 Å². The topological polar surface area (TPSA) is 32.3 Å². The molecule has 0 unspecified atom stereocenters. The maximum absolute atomic E-state index is 12.0. The molecule has 1 aromatic heterocycles. The number of halogens is 1. The lowest BCUT2D eigenvalue weighted by Crippen LogP contribution is -2.36. The molecule has 0 spiro atoms. The van der Waals surface area contributed by atoms with Crippen molar-refractivity contribution in [1.82, 2.24) is 10.2 Å². The van der Waals surface area contributed by atoms with Gasteiger partial charge >= 0.3 is 6.03 Å². The van der Waals surface area contributed by atoms with Gasteiger partial charge in [0, 0.05) is 18.5 Å². The summed E-state index contributed by atoms with van der Waals surface area (Å²) in [6.07, 6.45) is 0. The van der Waals surface area contributed by atoms with Crippen LogP contribution < -0.4 is 5.32 Å². The zero-order valence-electron chi connectivity index (χ0n) is 11.5. The number of carbonyl (C=O) groups excluding carboxylic acids is 1. The van der Waals surface area contributed by atoms with Crippen molar-refractivity contribution in [3.63, 3.8) is 0 Å². The van der Waals surface area contributed by atoms with Crippen LogP contribution in [0.1, 0.15) is 16.0 Å². The van der Waals surface area contributed by atoms with Gasteiger partial charge in [-0.1, -0.05) is 41.4 Å². The molecule has 1 aromatic carbocycles. The molecule has 0 saturated carbocycles. The zero-order chi connectivity index (χ0) is 14.5. The average Bonchev–Trinajstić information content (AvgIpc) is 2.81. The first kappa shape index (κ1) is 14.9. The van der Waals surface area contributed by atoms with Crippen molar-refractivity contribution < 1.29 is 4.79 Å². The Hall–Kier alpha value is -1.52. The first-order valence-corrected chi connectivity index (χ1v) is 7.53. The Morgan fingerprint density at radius 3 is 2.80 bits per heavy atom. The van der Waals surface area contributed by atoms with Crippen molar-refractivity contribution in [2.24, 2.45) is 0 Å². The summed E-state index contributed by atoms with van der Waals surface area (Å²) in [7, 11) is 1.78. The Bertz CT molecular complexity index is 597. The van der Waals surface area contributed by atoms with Crippen LogP contribution in [-0.2, 0) is 13.1 Å². The molecule has 0 aliphatic rings. The fourth-order valence-electron chi connectivity index (χ4n) is 1.88. The number of amides is 2. The third kappa shape index (κ3) is 4.25. The second-order valence-corrected chi connectivity index (χ2v) is 6.51. The molecule has 1 heterocycles. The highest BCUT2D eigenvalue weighted by atomic mass is 35.5. The smallest absolute Gasteiger partial charge is 0.317 e. The van der Waals surface area contributed by atoms with Crippen molar-refractivity contribution in [2.45, 2.75) is 20.0 Å². The highest BCUT2D eigenvalue weighted by Crippen LogP contribution is 2.22. The van der Waals surface area contributed by atoms with E-state index in [4.69, 9.17) is 11.6 Å². The zero-order valence-corrected chi connectivity index (χ0v) is 13.1. The van der Waals surface area contributed by atoms with Gasteiger partial charge < -0.3 is 10.2 Å². The van der Waals surface area contributed by atoms with E-state index in [1.165, 1.54) is 16.9 Å². The molecule has 5 heteroatoms. The van der Waals surface area contributed by atoms with Crippen LogP contribution in [-0.4, -0.2) is 18.0 Å². The van der Waals surface area contributed by atoms with Gasteiger partial charge in [0.15, 0.2) is 0 Å². The Labute approximate surface area is 128 Å². The van der Waals surface area contributed by atoms with Gasteiger partial charge in [-0.15, -0.1) is 11.3 Å². The van der Waals surface area contributed by atoms with Crippen LogP contribution in [0.3, 0.4) is 0 Å². The first-order chi connectivity index (χ1) is 9.54. The first-order valence-electron chi connectivity index (χ1n) is 6.33. The Morgan fingerprint density at radius 1 is 1.35 bits per heavy atom. The minimum Gasteiger partial charge on any atom is -0.334 e. The second-order valence-electron chi connectivity index (χ2n) is 4.71. The van der Waals surface area contributed by atoms with E-state index in [0.29, 0.717) is 13.1 Å². The summed E-state index contributed by atoms with van der Waals surface area (Å²) in [4.78, 5) is 14.7. The SMILES string of the molecule is Cc1cccc(CNC(=O)N(C)Cc2ccc(Cl)s2)c1. The van der Waals surface area contributed by atoms with E-state index in [9.17, 15) is 4.79 Å². The summed E-state index contributed by atoms with van der Waals surface area (Å²) >= 11 is 7.37. The van der Waals surface area contributed by atoms with E-state index in [-0.39, 0.29) is 6.03 Å². The fraction of sp³-hybridized carbons (Fsp3) is 0.267. The Morgan fingerprint density at radius 2 is 2.15 bits per heavy atom. The van der Waals surface area contributed by atoms with E-state index in [0.717, 1.165) is 14.8 Å². The minimum atomic E-state index is -0.0870. The van der Waals surface area contributed by atoms with Gasteiger partial charge in [0.25, 0.3) is 0 Å².